The van der Waals surface area contributed by atoms with Crippen molar-refractivity contribution in [2.75, 3.05) is 6.61 Å². The highest BCUT2D eigenvalue weighted by Crippen LogP contribution is 2.38. The van der Waals surface area contributed by atoms with Crippen LogP contribution in [-0.2, 0) is 6.18 Å². The van der Waals surface area contributed by atoms with Crippen molar-refractivity contribution in [3.63, 3.8) is 0 Å². The van der Waals surface area contributed by atoms with Crippen molar-refractivity contribution >= 4 is 5.69 Å². The lowest BCUT2D eigenvalue weighted by atomic mass is 10.1. The summed E-state index contributed by atoms with van der Waals surface area (Å²) < 4.78 is 57.0. The van der Waals surface area contributed by atoms with E-state index >= 15 is 0 Å². The van der Waals surface area contributed by atoms with E-state index in [0.717, 1.165) is 25.7 Å². The normalized spacial score (nSPS) is 11.6. The summed E-state index contributed by atoms with van der Waals surface area (Å²) in [6.45, 7) is 2.26. The van der Waals surface area contributed by atoms with Crippen molar-refractivity contribution in [3.05, 3.63) is 33.6 Å². The zero-order chi connectivity index (χ0) is 21.7. The van der Waals surface area contributed by atoms with Gasteiger partial charge in [-0.1, -0.05) is 77.6 Å². The number of hydrogen-bond acceptors (Lipinski definition) is 3. The van der Waals surface area contributed by atoms with Gasteiger partial charge < -0.3 is 4.74 Å². The summed E-state index contributed by atoms with van der Waals surface area (Å²) in [5.41, 5.74) is -2.36. The minimum Gasteiger partial charge on any atom is -0.487 e. The van der Waals surface area contributed by atoms with Crippen LogP contribution in [0.3, 0.4) is 0 Å². The fraction of sp³-hybridized carbons (Fsp3) is 0.714. The van der Waals surface area contributed by atoms with Crippen LogP contribution in [0.25, 0.3) is 0 Å². The molecular weight excluding hydrogens is 390 g/mol. The van der Waals surface area contributed by atoms with Crippen LogP contribution in [0.15, 0.2) is 12.1 Å². The first-order valence-corrected chi connectivity index (χ1v) is 10.4. The highest BCUT2D eigenvalue weighted by Gasteiger charge is 2.37. The van der Waals surface area contributed by atoms with Crippen molar-refractivity contribution in [1.29, 1.82) is 0 Å². The lowest BCUT2D eigenvalue weighted by Gasteiger charge is -2.12. The molecule has 0 saturated heterocycles. The third-order valence-electron chi connectivity index (χ3n) is 4.81. The molecule has 0 amide bonds. The van der Waals surface area contributed by atoms with Gasteiger partial charge in [-0.05, 0) is 6.42 Å². The molecule has 0 fully saturated rings. The maximum atomic E-state index is 13.5. The first kappa shape index (κ1) is 25.2. The fourth-order valence-corrected chi connectivity index (χ4v) is 3.14. The molecule has 1 aromatic carbocycles. The maximum Gasteiger partial charge on any atom is 0.419 e. The van der Waals surface area contributed by atoms with Crippen LogP contribution >= 0.6 is 0 Å². The second-order valence-corrected chi connectivity index (χ2v) is 7.29. The van der Waals surface area contributed by atoms with E-state index in [9.17, 15) is 27.7 Å². The molecule has 4 nitrogen and oxygen atoms in total. The molecule has 29 heavy (non-hydrogen) atoms. The number of alkyl halides is 3. The Labute approximate surface area is 169 Å². The second kappa shape index (κ2) is 13.4. The Morgan fingerprint density at radius 3 is 1.83 bits per heavy atom. The van der Waals surface area contributed by atoms with Gasteiger partial charge in [0.05, 0.1) is 23.2 Å². The van der Waals surface area contributed by atoms with Gasteiger partial charge in [0.15, 0.2) is 5.75 Å². The number of ether oxygens (including phenoxy) is 1. The van der Waals surface area contributed by atoms with Gasteiger partial charge in [-0.25, -0.2) is 4.39 Å². The monoisotopic (exact) mass is 421 g/mol. The van der Waals surface area contributed by atoms with Gasteiger partial charge in [0.25, 0.3) is 0 Å². The molecule has 0 aromatic heterocycles. The molecule has 0 radical (unpaired) electrons. The fourth-order valence-electron chi connectivity index (χ4n) is 3.14. The molecule has 8 heteroatoms. The maximum absolute atomic E-state index is 13.5. The topological polar surface area (TPSA) is 52.4 Å². The highest BCUT2D eigenvalue weighted by atomic mass is 19.4. The molecule has 0 aliphatic rings. The Hall–Kier alpha value is -1.86. The summed E-state index contributed by atoms with van der Waals surface area (Å²) >= 11 is 0. The number of hydrogen-bond donors (Lipinski definition) is 0. The van der Waals surface area contributed by atoms with Crippen molar-refractivity contribution in [2.24, 2.45) is 0 Å². The minimum atomic E-state index is -4.94. The summed E-state index contributed by atoms with van der Waals surface area (Å²) in [5, 5.41) is 10.9. The zero-order valence-electron chi connectivity index (χ0n) is 17.0. The Bertz CT molecular complexity index is 621. The largest absolute Gasteiger partial charge is 0.487 e. The number of rotatable bonds is 15. The molecule has 0 aliphatic carbocycles. The molecule has 0 atom stereocenters. The molecule has 0 spiro atoms. The Morgan fingerprint density at radius 2 is 1.38 bits per heavy atom. The predicted molar refractivity (Wildman–Crippen MR) is 105 cm³/mol. The molecule has 1 rings (SSSR count). The third kappa shape index (κ3) is 9.94. The number of halogens is 4. The first-order chi connectivity index (χ1) is 13.8. The number of benzene rings is 1. The highest BCUT2D eigenvalue weighted by molar-refractivity contribution is 5.49. The summed E-state index contributed by atoms with van der Waals surface area (Å²) in [6, 6.07) is 0.633. The van der Waals surface area contributed by atoms with E-state index in [0.29, 0.717) is 12.5 Å². The zero-order valence-corrected chi connectivity index (χ0v) is 17.0. The van der Waals surface area contributed by atoms with E-state index in [2.05, 4.69) is 6.92 Å². The van der Waals surface area contributed by atoms with E-state index in [4.69, 9.17) is 4.74 Å². The van der Waals surface area contributed by atoms with Crippen molar-refractivity contribution in [1.82, 2.24) is 0 Å². The Balaban J connectivity index is 2.28. The standard InChI is InChI=1S/C21H31F4NO3/c1-2-3-4-5-6-7-8-9-10-11-12-13-14-29-20-15-17(21(23,24)25)18(22)16-19(20)26(27)28/h15-16H,2-14H2,1H3. The molecule has 0 bridgehead atoms. The molecule has 0 unspecified atom stereocenters. The molecule has 1 aromatic rings. The number of unbranched alkanes of at least 4 members (excludes halogenated alkanes) is 11. The SMILES string of the molecule is CCCCCCCCCCCCCCOc1cc(C(F)(F)F)c(F)cc1[N+](=O)[O-]. The lowest BCUT2D eigenvalue weighted by molar-refractivity contribution is -0.386. The minimum absolute atomic E-state index is 0.0567. The van der Waals surface area contributed by atoms with Crippen molar-refractivity contribution in [2.45, 2.75) is 90.1 Å². The molecule has 0 N–H and O–H groups in total. The van der Waals surface area contributed by atoms with E-state index < -0.39 is 33.9 Å². The van der Waals surface area contributed by atoms with Gasteiger partial charge in [0, 0.05) is 6.07 Å². The van der Waals surface area contributed by atoms with E-state index in [1.54, 1.807) is 0 Å². The first-order valence-electron chi connectivity index (χ1n) is 10.4. The van der Waals surface area contributed by atoms with E-state index in [1.807, 2.05) is 0 Å². The van der Waals surface area contributed by atoms with Crippen LogP contribution in [0.5, 0.6) is 5.75 Å². The molecule has 0 heterocycles. The number of nitrogens with zero attached hydrogens (tertiary/aromatic N) is 1. The van der Waals surface area contributed by atoms with Crippen LogP contribution in [0.2, 0.25) is 0 Å². The summed E-state index contributed by atoms with van der Waals surface area (Å²) in [6.07, 6.45) is 8.62. The smallest absolute Gasteiger partial charge is 0.419 e. The van der Waals surface area contributed by atoms with Gasteiger partial charge in [0.1, 0.15) is 5.82 Å². The van der Waals surface area contributed by atoms with Gasteiger partial charge in [0.2, 0.25) is 0 Å². The van der Waals surface area contributed by atoms with Crippen LogP contribution in [0.4, 0.5) is 23.2 Å². The summed E-state index contributed by atoms with van der Waals surface area (Å²) in [4.78, 5) is 10.0. The van der Waals surface area contributed by atoms with Crippen LogP contribution < -0.4 is 4.74 Å². The average molecular weight is 421 g/mol. The average Bonchev–Trinajstić information content (AvgIpc) is 2.65. The van der Waals surface area contributed by atoms with Gasteiger partial charge in [-0.3, -0.25) is 10.1 Å². The summed E-state index contributed by atoms with van der Waals surface area (Å²) in [5.74, 6) is -2.23. The van der Waals surface area contributed by atoms with Crippen molar-refractivity contribution < 1.29 is 27.2 Å². The quantitative estimate of drug-likeness (QED) is 0.125. The van der Waals surface area contributed by atoms with Crippen LogP contribution in [0.1, 0.15) is 89.5 Å². The van der Waals surface area contributed by atoms with Crippen LogP contribution in [-0.4, -0.2) is 11.5 Å². The molecular formula is C21H31F4NO3. The number of nitro benzene ring substituents is 1. The van der Waals surface area contributed by atoms with Gasteiger partial charge in [-0.2, -0.15) is 13.2 Å². The predicted octanol–water partition coefficient (Wildman–Crippen LogP) is 7.83. The lowest BCUT2D eigenvalue weighted by Crippen LogP contribution is -2.10. The Morgan fingerprint density at radius 1 is 0.897 bits per heavy atom. The van der Waals surface area contributed by atoms with Crippen LogP contribution in [0, 0.1) is 15.9 Å². The number of nitro groups is 1. The molecule has 0 saturated carbocycles. The molecule has 0 aliphatic heterocycles. The van der Waals surface area contributed by atoms with Gasteiger partial charge in [-0.15, -0.1) is 0 Å². The van der Waals surface area contributed by atoms with Gasteiger partial charge >= 0.3 is 11.9 Å². The van der Waals surface area contributed by atoms with E-state index in [-0.39, 0.29) is 12.7 Å². The molecule has 166 valence electrons. The summed E-state index contributed by atoms with van der Waals surface area (Å²) in [7, 11) is 0. The van der Waals surface area contributed by atoms with E-state index in [1.165, 1.54) is 44.9 Å². The third-order valence-corrected chi connectivity index (χ3v) is 4.81. The Kier molecular flexibility index (Phi) is 11.6. The second-order valence-electron chi connectivity index (χ2n) is 7.29. The van der Waals surface area contributed by atoms with Crippen molar-refractivity contribution in [3.8, 4) is 5.75 Å².